The van der Waals surface area contributed by atoms with Gasteiger partial charge in [-0.25, -0.2) is 9.37 Å². The minimum absolute atomic E-state index is 0.272. The Morgan fingerprint density at radius 2 is 2.17 bits per heavy atom. The third-order valence-corrected chi connectivity index (χ3v) is 4.05. The van der Waals surface area contributed by atoms with Crippen LogP contribution in [0.5, 0.6) is 0 Å². The number of aryl methyl sites for hydroxylation is 1. The van der Waals surface area contributed by atoms with Crippen LogP contribution in [-0.2, 0) is 4.79 Å². The van der Waals surface area contributed by atoms with E-state index >= 15 is 0 Å². The lowest BCUT2D eigenvalue weighted by Gasteiger charge is -2.26. The number of carbonyl (C=O) groups is 1. The van der Waals surface area contributed by atoms with Crippen LogP contribution in [0.1, 0.15) is 24.7 Å². The van der Waals surface area contributed by atoms with E-state index in [-0.39, 0.29) is 22.4 Å². The lowest BCUT2D eigenvalue weighted by Crippen LogP contribution is -2.41. The van der Waals surface area contributed by atoms with Crippen LogP contribution in [0.4, 0.5) is 10.1 Å². The Morgan fingerprint density at radius 1 is 1.43 bits per heavy atom. The first-order valence-electron chi connectivity index (χ1n) is 7.31. The molecule has 0 bridgehead atoms. The minimum Gasteiger partial charge on any atom is -0.387 e. The van der Waals surface area contributed by atoms with Crippen LogP contribution >= 0.6 is 0 Å². The fourth-order valence-electron chi connectivity index (χ4n) is 2.97. The smallest absolute Gasteiger partial charge is 0.264 e. The van der Waals surface area contributed by atoms with E-state index in [2.05, 4.69) is 22.2 Å². The molecule has 7 heteroatoms. The van der Waals surface area contributed by atoms with Gasteiger partial charge in [-0.05, 0) is 25.8 Å². The molecule has 23 heavy (non-hydrogen) atoms. The molecule has 3 rings (SSSR count). The molecule has 1 aromatic heterocycles. The van der Waals surface area contributed by atoms with Crippen LogP contribution in [0, 0.1) is 12.7 Å². The predicted octanol–water partition coefficient (Wildman–Crippen LogP) is 1.85. The summed E-state index contributed by atoms with van der Waals surface area (Å²) >= 11 is 0. The van der Waals surface area contributed by atoms with Crippen LogP contribution in [0.15, 0.2) is 29.2 Å². The van der Waals surface area contributed by atoms with Gasteiger partial charge in [-0.15, -0.1) is 0 Å². The van der Waals surface area contributed by atoms with Gasteiger partial charge in [0, 0.05) is 18.8 Å². The molecule has 0 spiro atoms. The SMILES string of the molecule is C=C1CCC(n2c(C)nc3cc(F)cc(NC)c3c2=O)C(=O)N1. The predicted molar refractivity (Wildman–Crippen MR) is 85.8 cm³/mol. The van der Waals surface area contributed by atoms with Crippen molar-refractivity contribution in [3.05, 3.63) is 46.4 Å². The fourth-order valence-corrected chi connectivity index (χ4v) is 2.97. The molecule has 1 saturated heterocycles. The van der Waals surface area contributed by atoms with E-state index in [0.29, 0.717) is 30.1 Å². The van der Waals surface area contributed by atoms with Gasteiger partial charge in [0.25, 0.3) is 5.56 Å². The highest BCUT2D eigenvalue weighted by Crippen LogP contribution is 2.25. The number of hydrogen-bond acceptors (Lipinski definition) is 4. The highest BCUT2D eigenvalue weighted by Gasteiger charge is 2.28. The van der Waals surface area contributed by atoms with Gasteiger partial charge in [-0.2, -0.15) is 0 Å². The zero-order chi connectivity index (χ0) is 16.7. The van der Waals surface area contributed by atoms with E-state index in [0.717, 1.165) is 0 Å². The summed E-state index contributed by atoms with van der Waals surface area (Å²) in [7, 11) is 1.61. The van der Waals surface area contributed by atoms with E-state index in [9.17, 15) is 14.0 Å². The number of halogens is 1. The largest absolute Gasteiger partial charge is 0.387 e. The van der Waals surface area contributed by atoms with Crippen LogP contribution in [0.3, 0.4) is 0 Å². The Balaban J connectivity index is 2.26. The van der Waals surface area contributed by atoms with E-state index in [1.165, 1.54) is 16.7 Å². The van der Waals surface area contributed by atoms with Gasteiger partial charge in [-0.1, -0.05) is 6.58 Å². The lowest BCUT2D eigenvalue weighted by molar-refractivity contribution is -0.124. The summed E-state index contributed by atoms with van der Waals surface area (Å²) in [6.07, 6.45) is 1.08. The second-order valence-corrected chi connectivity index (χ2v) is 5.58. The second-order valence-electron chi connectivity index (χ2n) is 5.58. The van der Waals surface area contributed by atoms with Gasteiger partial charge >= 0.3 is 0 Å². The number of hydrogen-bond donors (Lipinski definition) is 2. The topological polar surface area (TPSA) is 76.0 Å². The molecule has 120 valence electrons. The van der Waals surface area contributed by atoms with Crippen molar-refractivity contribution in [3.63, 3.8) is 0 Å². The Morgan fingerprint density at radius 3 is 2.83 bits per heavy atom. The third kappa shape index (κ3) is 2.48. The molecule has 1 atom stereocenters. The molecule has 6 nitrogen and oxygen atoms in total. The Labute approximate surface area is 132 Å². The second kappa shape index (κ2) is 5.49. The van der Waals surface area contributed by atoms with Gasteiger partial charge in [-0.3, -0.25) is 14.2 Å². The summed E-state index contributed by atoms with van der Waals surface area (Å²) in [5, 5.41) is 5.76. The van der Waals surface area contributed by atoms with Crippen LogP contribution in [0.2, 0.25) is 0 Å². The van der Waals surface area contributed by atoms with Crippen molar-refractivity contribution < 1.29 is 9.18 Å². The molecule has 2 heterocycles. The van der Waals surface area contributed by atoms with Crippen molar-refractivity contribution in [2.45, 2.75) is 25.8 Å². The van der Waals surface area contributed by atoms with E-state index in [1.807, 2.05) is 0 Å². The summed E-state index contributed by atoms with van der Waals surface area (Å²) in [4.78, 5) is 29.5. The Bertz CT molecular complexity index is 888. The number of anilines is 1. The van der Waals surface area contributed by atoms with Gasteiger partial charge in [0.1, 0.15) is 17.7 Å². The van der Waals surface area contributed by atoms with Gasteiger partial charge in [0.05, 0.1) is 16.6 Å². The molecule has 0 aliphatic carbocycles. The summed E-state index contributed by atoms with van der Waals surface area (Å²) in [5.74, 6) is -0.374. The van der Waals surface area contributed by atoms with E-state index in [4.69, 9.17) is 0 Å². The number of fused-ring (bicyclic) bond motifs is 1. The van der Waals surface area contributed by atoms with Crippen molar-refractivity contribution in [1.82, 2.24) is 14.9 Å². The molecule has 1 aromatic carbocycles. The highest BCUT2D eigenvalue weighted by molar-refractivity contribution is 5.91. The first kappa shape index (κ1) is 15.2. The number of benzene rings is 1. The number of rotatable bonds is 2. The van der Waals surface area contributed by atoms with Gasteiger partial charge < -0.3 is 10.6 Å². The Kier molecular flexibility index (Phi) is 3.63. The van der Waals surface area contributed by atoms with Crippen molar-refractivity contribution >= 4 is 22.5 Å². The molecular weight excluding hydrogens is 299 g/mol. The number of aromatic nitrogens is 2. The van der Waals surface area contributed by atoms with E-state index in [1.54, 1.807) is 14.0 Å². The quantitative estimate of drug-likeness (QED) is 0.886. The molecular formula is C16H17FN4O2. The number of amides is 1. The minimum atomic E-state index is -0.639. The maximum Gasteiger partial charge on any atom is 0.264 e. The van der Waals surface area contributed by atoms with Crippen molar-refractivity contribution in [1.29, 1.82) is 0 Å². The number of piperidine rings is 1. The number of carbonyl (C=O) groups excluding carboxylic acids is 1. The first-order valence-corrected chi connectivity index (χ1v) is 7.31. The molecule has 0 radical (unpaired) electrons. The fraction of sp³-hybridized carbons (Fsp3) is 0.312. The molecule has 1 aliphatic rings. The summed E-state index contributed by atoms with van der Waals surface area (Å²) in [5.41, 5.74) is 0.911. The maximum absolute atomic E-state index is 13.6. The highest BCUT2D eigenvalue weighted by atomic mass is 19.1. The summed E-state index contributed by atoms with van der Waals surface area (Å²) in [6.45, 7) is 5.38. The summed E-state index contributed by atoms with van der Waals surface area (Å²) in [6, 6.07) is 1.82. The van der Waals surface area contributed by atoms with E-state index < -0.39 is 11.9 Å². The van der Waals surface area contributed by atoms with Crippen molar-refractivity contribution in [2.75, 3.05) is 12.4 Å². The van der Waals surface area contributed by atoms with Crippen LogP contribution in [-0.4, -0.2) is 22.5 Å². The average molecular weight is 316 g/mol. The normalized spacial score (nSPS) is 18.1. The molecule has 1 aliphatic heterocycles. The average Bonchev–Trinajstić information content (AvgIpc) is 2.47. The number of nitrogens with one attached hydrogen (secondary N) is 2. The molecule has 1 unspecified atom stereocenters. The van der Waals surface area contributed by atoms with Crippen molar-refractivity contribution in [2.24, 2.45) is 0 Å². The monoisotopic (exact) mass is 316 g/mol. The van der Waals surface area contributed by atoms with Gasteiger partial charge in [0.2, 0.25) is 5.91 Å². The van der Waals surface area contributed by atoms with Gasteiger partial charge in [0.15, 0.2) is 0 Å². The zero-order valence-electron chi connectivity index (χ0n) is 12.9. The molecule has 2 N–H and O–H groups in total. The Hall–Kier alpha value is -2.70. The number of nitrogens with zero attached hydrogens (tertiary/aromatic N) is 2. The van der Waals surface area contributed by atoms with Crippen LogP contribution in [0.25, 0.3) is 10.9 Å². The molecule has 0 saturated carbocycles. The standard InChI is InChI=1S/C16H17FN4O2/c1-8-4-5-13(15(22)19-8)21-9(2)20-12-7-10(17)6-11(18-3)14(12)16(21)23/h6-7,13,18H,1,4-5H2,2-3H3,(H,19,22). The third-order valence-electron chi connectivity index (χ3n) is 4.05. The molecule has 1 amide bonds. The van der Waals surface area contributed by atoms with Crippen LogP contribution < -0.4 is 16.2 Å². The molecule has 2 aromatic rings. The maximum atomic E-state index is 13.6. The zero-order valence-corrected chi connectivity index (χ0v) is 12.9. The number of allylic oxidation sites excluding steroid dienone is 1. The molecule has 1 fully saturated rings. The first-order chi connectivity index (χ1) is 10.9. The van der Waals surface area contributed by atoms with Crippen molar-refractivity contribution in [3.8, 4) is 0 Å². The summed E-state index contributed by atoms with van der Waals surface area (Å²) < 4.78 is 15.0. The lowest BCUT2D eigenvalue weighted by atomic mass is 10.0.